The van der Waals surface area contributed by atoms with Gasteiger partial charge in [0.15, 0.2) is 11.5 Å². The lowest BCUT2D eigenvalue weighted by molar-refractivity contribution is -0.129. The molecular formula is C19H23NO4. The van der Waals surface area contributed by atoms with Crippen molar-refractivity contribution in [1.29, 1.82) is 0 Å². The number of Topliss-reactive ketones (excluding diaryl/α,β-unsaturated/α-hetero) is 1. The summed E-state index contributed by atoms with van der Waals surface area (Å²) in [6.07, 6.45) is 2.61. The van der Waals surface area contributed by atoms with Crippen LogP contribution in [0.25, 0.3) is 0 Å². The molecule has 1 heterocycles. The average Bonchev–Trinajstić information content (AvgIpc) is 2.85. The second kappa shape index (κ2) is 7.81. The molecule has 0 fully saturated rings. The number of aliphatic hydroxyl groups excluding tert-OH is 1. The molecule has 1 N–H and O–H groups in total. The van der Waals surface area contributed by atoms with Crippen molar-refractivity contribution in [3.05, 3.63) is 53.8 Å². The molecule has 0 aromatic heterocycles. The number of nitrogens with zero attached hydrogens (tertiary/aromatic N) is 1. The molecule has 24 heavy (non-hydrogen) atoms. The molecule has 128 valence electrons. The highest BCUT2D eigenvalue weighted by Crippen LogP contribution is 2.39. The average molecular weight is 329 g/mol. The van der Waals surface area contributed by atoms with Crippen LogP contribution in [0.15, 0.2) is 48.3 Å². The van der Waals surface area contributed by atoms with E-state index in [0.29, 0.717) is 18.9 Å². The summed E-state index contributed by atoms with van der Waals surface area (Å²) < 4.78 is 5.54. The van der Waals surface area contributed by atoms with E-state index in [-0.39, 0.29) is 17.8 Å². The quantitative estimate of drug-likeness (QED) is 0.743. The second-order valence-corrected chi connectivity index (χ2v) is 5.61. The van der Waals surface area contributed by atoms with E-state index >= 15 is 0 Å². The minimum atomic E-state index is -0.572. The first-order chi connectivity index (χ1) is 11.5. The number of hydrogen-bond donors (Lipinski definition) is 1. The Bertz CT molecular complexity index is 678. The summed E-state index contributed by atoms with van der Waals surface area (Å²) in [5, 5.41) is 10.2. The molecule has 1 unspecified atom stereocenters. The second-order valence-electron chi connectivity index (χ2n) is 5.61. The fraction of sp³-hybridized carbons (Fsp3) is 0.368. The molecule has 5 nitrogen and oxygen atoms in total. The molecule has 0 saturated carbocycles. The number of hydrogen-bond acceptors (Lipinski definition) is 4. The maximum Gasteiger partial charge on any atom is 0.290 e. The van der Waals surface area contributed by atoms with E-state index in [1.807, 2.05) is 19.1 Å². The number of aliphatic hydroxyl groups is 1. The lowest BCUT2D eigenvalue weighted by atomic mass is 9.95. The predicted molar refractivity (Wildman–Crippen MR) is 91.8 cm³/mol. The summed E-state index contributed by atoms with van der Waals surface area (Å²) >= 11 is 0. The summed E-state index contributed by atoms with van der Waals surface area (Å²) in [6.45, 7) is 8.12. The van der Waals surface area contributed by atoms with Crippen molar-refractivity contribution in [2.24, 2.45) is 0 Å². The van der Waals surface area contributed by atoms with E-state index in [1.165, 1.54) is 0 Å². The molecule has 0 saturated heterocycles. The van der Waals surface area contributed by atoms with Gasteiger partial charge in [0.1, 0.15) is 12.4 Å². The van der Waals surface area contributed by atoms with Gasteiger partial charge < -0.3 is 14.7 Å². The molecule has 1 atom stereocenters. The maximum atomic E-state index is 12.4. The summed E-state index contributed by atoms with van der Waals surface area (Å²) in [6, 6.07) is 6.68. The van der Waals surface area contributed by atoms with Gasteiger partial charge in [-0.25, -0.2) is 0 Å². The van der Waals surface area contributed by atoms with E-state index in [9.17, 15) is 14.7 Å². The fourth-order valence-corrected chi connectivity index (χ4v) is 2.88. The predicted octanol–water partition coefficient (Wildman–Crippen LogP) is 3.34. The Hall–Kier alpha value is -2.56. The highest BCUT2D eigenvalue weighted by Gasteiger charge is 2.42. The Morgan fingerprint density at radius 2 is 2.17 bits per heavy atom. The van der Waals surface area contributed by atoms with Crippen LogP contribution in [-0.2, 0) is 9.59 Å². The number of carbonyl (C=O) groups is 2. The van der Waals surface area contributed by atoms with Gasteiger partial charge in [0.2, 0.25) is 0 Å². The molecule has 1 aliphatic rings. The molecule has 0 radical (unpaired) electrons. The van der Waals surface area contributed by atoms with Crippen LogP contribution in [0.5, 0.6) is 5.75 Å². The Morgan fingerprint density at radius 3 is 2.79 bits per heavy atom. The molecule has 5 heteroatoms. The SMILES string of the molecule is C=CCOc1cccc(C2C(C(=O)CC)=C(O)C(=O)N2CCC)c1. The zero-order valence-electron chi connectivity index (χ0n) is 14.1. The molecule has 2 rings (SSSR count). The molecule has 1 aromatic carbocycles. The van der Waals surface area contributed by atoms with Crippen LogP contribution >= 0.6 is 0 Å². The van der Waals surface area contributed by atoms with E-state index in [1.54, 1.807) is 30.0 Å². The standard InChI is InChI=1S/C19H23NO4/c1-4-10-20-17(16(15(21)6-3)18(22)19(20)23)13-8-7-9-14(12-13)24-11-5-2/h5,7-9,12,17,22H,2,4,6,10-11H2,1,3H3. The maximum absolute atomic E-state index is 12.4. The van der Waals surface area contributed by atoms with Gasteiger partial charge in [0.05, 0.1) is 11.6 Å². The summed E-state index contributed by atoms with van der Waals surface area (Å²) in [7, 11) is 0. The number of rotatable bonds is 8. The molecule has 1 aliphatic heterocycles. The summed E-state index contributed by atoms with van der Waals surface area (Å²) in [5.74, 6) is -0.512. The van der Waals surface area contributed by atoms with Crippen molar-refractivity contribution in [3.8, 4) is 5.75 Å². The summed E-state index contributed by atoms with van der Waals surface area (Å²) in [4.78, 5) is 26.3. The van der Waals surface area contributed by atoms with Gasteiger partial charge in [-0.1, -0.05) is 38.6 Å². The number of ketones is 1. The third-order valence-corrected chi connectivity index (χ3v) is 3.93. The molecule has 0 aliphatic carbocycles. The van der Waals surface area contributed by atoms with Gasteiger partial charge in [0.25, 0.3) is 5.91 Å². The third kappa shape index (κ3) is 3.35. The number of carbonyl (C=O) groups excluding carboxylic acids is 2. The third-order valence-electron chi connectivity index (χ3n) is 3.93. The smallest absolute Gasteiger partial charge is 0.290 e. The molecular weight excluding hydrogens is 306 g/mol. The highest BCUT2D eigenvalue weighted by atomic mass is 16.5. The molecule has 0 spiro atoms. The Morgan fingerprint density at radius 1 is 1.42 bits per heavy atom. The number of ether oxygens (including phenoxy) is 1. The Balaban J connectivity index is 2.47. The van der Waals surface area contributed by atoms with Crippen molar-refractivity contribution in [2.75, 3.05) is 13.2 Å². The van der Waals surface area contributed by atoms with Gasteiger partial charge in [0, 0.05) is 13.0 Å². The number of amides is 1. The van der Waals surface area contributed by atoms with Crippen molar-refractivity contribution in [3.63, 3.8) is 0 Å². The van der Waals surface area contributed by atoms with Gasteiger partial charge in [-0.15, -0.1) is 0 Å². The molecule has 1 amide bonds. The van der Waals surface area contributed by atoms with Crippen LogP contribution in [0.4, 0.5) is 0 Å². The lowest BCUT2D eigenvalue weighted by Crippen LogP contribution is -2.31. The monoisotopic (exact) mass is 329 g/mol. The van der Waals surface area contributed by atoms with Crippen LogP contribution in [0.1, 0.15) is 38.3 Å². The highest BCUT2D eigenvalue weighted by molar-refractivity contribution is 6.08. The Labute approximate surface area is 142 Å². The molecule has 1 aromatic rings. The minimum absolute atomic E-state index is 0.178. The van der Waals surface area contributed by atoms with Crippen molar-refractivity contribution in [2.45, 2.75) is 32.7 Å². The first kappa shape index (κ1) is 17.8. The summed E-state index contributed by atoms with van der Waals surface area (Å²) in [5.41, 5.74) is 0.927. The van der Waals surface area contributed by atoms with E-state index < -0.39 is 17.7 Å². The van der Waals surface area contributed by atoms with E-state index in [4.69, 9.17) is 4.74 Å². The van der Waals surface area contributed by atoms with Gasteiger partial charge >= 0.3 is 0 Å². The largest absolute Gasteiger partial charge is 0.503 e. The van der Waals surface area contributed by atoms with Crippen LogP contribution in [0.2, 0.25) is 0 Å². The zero-order valence-corrected chi connectivity index (χ0v) is 14.1. The zero-order chi connectivity index (χ0) is 17.7. The van der Waals surface area contributed by atoms with E-state index in [0.717, 1.165) is 12.0 Å². The Kier molecular flexibility index (Phi) is 5.79. The van der Waals surface area contributed by atoms with Gasteiger partial charge in [-0.05, 0) is 24.1 Å². The minimum Gasteiger partial charge on any atom is -0.503 e. The van der Waals surface area contributed by atoms with Crippen LogP contribution in [-0.4, -0.2) is 34.8 Å². The molecule has 0 bridgehead atoms. The van der Waals surface area contributed by atoms with Crippen LogP contribution in [0, 0.1) is 0 Å². The van der Waals surface area contributed by atoms with Crippen molar-refractivity contribution in [1.82, 2.24) is 4.90 Å². The normalized spacial score (nSPS) is 17.3. The van der Waals surface area contributed by atoms with E-state index in [2.05, 4.69) is 6.58 Å². The van der Waals surface area contributed by atoms with Gasteiger partial charge in [-0.2, -0.15) is 0 Å². The van der Waals surface area contributed by atoms with Crippen LogP contribution < -0.4 is 4.74 Å². The first-order valence-electron chi connectivity index (χ1n) is 8.16. The topological polar surface area (TPSA) is 66.8 Å². The van der Waals surface area contributed by atoms with Crippen molar-refractivity contribution >= 4 is 11.7 Å². The van der Waals surface area contributed by atoms with Crippen LogP contribution in [0.3, 0.4) is 0 Å². The first-order valence-corrected chi connectivity index (χ1v) is 8.16. The van der Waals surface area contributed by atoms with Crippen molar-refractivity contribution < 1.29 is 19.4 Å². The fourth-order valence-electron chi connectivity index (χ4n) is 2.88. The lowest BCUT2D eigenvalue weighted by Gasteiger charge is -2.26. The number of benzene rings is 1. The van der Waals surface area contributed by atoms with Gasteiger partial charge in [-0.3, -0.25) is 9.59 Å².